The molecule has 2 heterocycles. The van der Waals surface area contributed by atoms with Gasteiger partial charge in [-0.15, -0.1) is 0 Å². The molecule has 0 aromatic heterocycles. The zero-order valence-electron chi connectivity index (χ0n) is 14.0. The van der Waals surface area contributed by atoms with Gasteiger partial charge in [-0.3, -0.25) is 4.79 Å². The van der Waals surface area contributed by atoms with Gasteiger partial charge in [0.1, 0.15) is 18.5 Å². The van der Waals surface area contributed by atoms with Gasteiger partial charge in [0.2, 0.25) is 0 Å². The number of hydrogen-bond acceptors (Lipinski definition) is 5. The molecule has 24 heavy (non-hydrogen) atoms. The number of benzene rings is 1. The molecule has 0 amide bonds. The minimum absolute atomic E-state index is 0.145. The maximum Gasteiger partial charge on any atom is 0.316 e. The van der Waals surface area contributed by atoms with E-state index in [4.69, 9.17) is 18.9 Å². The van der Waals surface area contributed by atoms with Crippen LogP contribution in [0, 0.1) is 5.82 Å². The summed E-state index contributed by atoms with van der Waals surface area (Å²) < 4.78 is 35.3. The lowest BCUT2D eigenvalue weighted by Gasteiger charge is -2.35. The highest BCUT2D eigenvalue weighted by Gasteiger charge is 2.44. The van der Waals surface area contributed by atoms with Gasteiger partial charge in [-0.05, 0) is 44.4 Å². The number of carbonyl (C=O) groups excluding carboxylic acids is 1. The lowest BCUT2D eigenvalue weighted by Crippen LogP contribution is -2.43. The van der Waals surface area contributed by atoms with Crippen molar-refractivity contribution in [3.05, 3.63) is 35.6 Å². The van der Waals surface area contributed by atoms with Crippen LogP contribution in [0.2, 0.25) is 0 Å². The van der Waals surface area contributed by atoms with E-state index in [0.29, 0.717) is 32.7 Å². The van der Waals surface area contributed by atoms with Crippen molar-refractivity contribution in [3.8, 4) is 0 Å². The third-order valence-corrected chi connectivity index (χ3v) is 4.60. The van der Waals surface area contributed by atoms with Crippen molar-refractivity contribution >= 4 is 5.97 Å². The molecule has 3 rings (SSSR count). The molecule has 0 radical (unpaired) electrons. The van der Waals surface area contributed by atoms with Gasteiger partial charge in [0.15, 0.2) is 5.79 Å². The number of carbonyl (C=O) groups is 1. The first kappa shape index (κ1) is 17.3. The normalized spacial score (nSPS) is 25.4. The van der Waals surface area contributed by atoms with Crippen LogP contribution in [0.5, 0.6) is 0 Å². The SMILES string of the molecule is CC1(C)OC[C@H](COC(=O)C2(c3ccc(F)cc3)CCOCC2)O1. The van der Waals surface area contributed by atoms with Gasteiger partial charge < -0.3 is 18.9 Å². The average molecular weight is 338 g/mol. The summed E-state index contributed by atoms with van der Waals surface area (Å²) in [5.74, 6) is -1.29. The number of hydrogen-bond donors (Lipinski definition) is 0. The summed E-state index contributed by atoms with van der Waals surface area (Å²) in [6, 6.07) is 6.05. The standard InChI is InChI=1S/C18H23FO5/c1-17(2)23-12-15(24-17)11-22-16(20)18(7-9-21-10-8-18)13-3-5-14(19)6-4-13/h3-6,15H,7-12H2,1-2H3/t15-/m0/s1. The Kier molecular flexibility index (Phi) is 4.90. The van der Waals surface area contributed by atoms with E-state index in [0.717, 1.165) is 5.56 Å². The summed E-state index contributed by atoms with van der Waals surface area (Å²) in [5.41, 5.74) is -0.0258. The molecule has 0 N–H and O–H groups in total. The van der Waals surface area contributed by atoms with E-state index in [1.807, 2.05) is 13.8 Å². The molecule has 1 aromatic carbocycles. The lowest BCUT2D eigenvalue weighted by atomic mass is 9.74. The lowest BCUT2D eigenvalue weighted by molar-refractivity contribution is -0.165. The molecule has 0 spiro atoms. The maximum absolute atomic E-state index is 13.2. The minimum Gasteiger partial charge on any atom is -0.462 e. The molecule has 2 fully saturated rings. The fourth-order valence-corrected chi connectivity index (χ4v) is 3.25. The van der Waals surface area contributed by atoms with Crippen LogP contribution in [-0.4, -0.2) is 44.3 Å². The molecule has 132 valence electrons. The summed E-state index contributed by atoms with van der Waals surface area (Å²) in [5, 5.41) is 0. The van der Waals surface area contributed by atoms with E-state index < -0.39 is 11.2 Å². The Hall–Kier alpha value is -1.50. The summed E-state index contributed by atoms with van der Waals surface area (Å²) in [4.78, 5) is 12.9. The van der Waals surface area contributed by atoms with Crippen LogP contribution in [0.1, 0.15) is 32.3 Å². The van der Waals surface area contributed by atoms with Crippen LogP contribution in [0.15, 0.2) is 24.3 Å². The van der Waals surface area contributed by atoms with E-state index >= 15 is 0 Å². The largest absolute Gasteiger partial charge is 0.462 e. The predicted octanol–water partition coefficient (Wildman–Crippen LogP) is 2.57. The van der Waals surface area contributed by atoms with Crippen LogP contribution in [0.4, 0.5) is 4.39 Å². The van der Waals surface area contributed by atoms with Crippen LogP contribution in [-0.2, 0) is 29.2 Å². The summed E-state index contributed by atoms with van der Waals surface area (Å²) >= 11 is 0. The van der Waals surface area contributed by atoms with Crippen LogP contribution >= 0.6 is 0 Å². The zero-order chi connectivity index (χ0) is 17.2. The highest BCUT2D eigenvalue weighted by atomic mass is 19.1. The van der Waals surface area contributed by atoms with E-state index in [1.165, 1.54) is 12.1 Å². The third-order valence-electron chi connectivity index (χ3n) is 4.60. The molecule has 0 bridgehead atoms. The van der Waals surface area contributed by atoms with Gasteiger partial charge in [0.05, 0.1) is 12.0 Å². The molecule has 6 heteroatoms. The molecule has 1 atom stereocenters. The number of rotatable bonds is 4. The van der Waals surface area contributed by atoms with Gasteiger partial charge in [-0.2, -0.15) is 0 Å². The summed E-state index contributed by atoms with van der Waals surface area (Å²) in [7, 11) is 0. The molecule has 0 aliphatic carbocycles. The van der Waals surface area contributed by atoms with Crippen LogP contribution < -0.4 is 0 Å². The first-order valence-electron chi connectivity index (χ1n) is 8.24. The predicted molar refractivity (Wildman–Crippen MR) is 84.0 cm³/mol. The van der Waals surface area contributed by atoms with Crippen molar-refractivity contribution in [1.82, 2.24) is 0 Å². The quantitative estimate of drug-likeness (QED) is 0.790. The van der Waals surface area contributed by atoms with Crippen molar-refractivity contribution in [2.24, 2.45) is 0 Å². The van der Waals surface area contributed by atoms with Crippen LogP contribution in [0.25, 0.3) is 0 Å². The molecule has 2 aliphatic heterocycles. The molecular formula is C18H23FO5. The van der Waals surface area contributed by atoms with Crippen molar-refractivity contribution in [2.45, 2.75) is 44.0 Å². The Balaban J connectivity index is 1.71. The Morgan fingerprint density at radius 1 is 1.25 bits per heavy atom. The van der Waals surface area contributed by atoms with Crippen molar-refractivity contribution in [2.75, 3.05) is 26.4 Å². The van der Waals surface area contributed by atoms with Crippen molar-refractivity contribution < 1.29 is 28.1 Å². The first-order chi connectivity index (χ1) is 11.4. The van der Waals surface area contributed by atoms with Crippen molar-refractivity contribution in [3.63, 3.8) is 0 Å². The Bertz CT molecular complexity index is 578. The summed E-state index contributed by atoms with van der Waals surface area (Å²) in [6.45, 7) is 5.14. The maximum atomic E-state index is 13.2. The van der Waals surface area contributed by atoms with Gasteiger partial charge in [0, 0.05) is 13.2 Å². The average Bonchev–Trinajstić information content (AvgIpc) is 2.93. The molecule has 2 saturated heterocycles. The van der Waals surface area contributed by atoms with Gasteiger partial charge in [-0.1, -0.05) is 12.1 Å². The Morgan fingerprint density at radius 3 is 2.50 bits per heavy atom. The van der Waals surface area contributed by atoms with Crippen LogP contribution in [0.3, 0.4) is 0 Å². The van der Waals surface area contributed by atoms with E-state index in [1.54, 1.807) is 12.1 Å². The number of esters is 1. The number of ether oxygens (including phenoxy) is 4. The minimum atomic E-state index is -0.791. The van der Waals surface area contributed by atoms with E-state index in [2.05, 4.69) is 0 Å². The fourth-order valence-electron chi connectivity index (χ4n) is 3.25. The van der Waals surface area contributed by atoms with Crippen molar-refractivity contribution in [1.29, 1.82) is 0 Å². The molecule has 2 aliphatic rings. The first-order valence-corrected chi connectivity index (χ1v) is 8.24. The molecule has 0 saturated carbocycles. The second-order valence-corrected chi connectivity index (χ2v) is 6.75. The molecule has 1 aromatic rings. The zero-order valence-corrected chi connectivity index (χ0v) is 14.0. The smallest absolute Gasteiger partial charge is 0.316 e. The van der Waals surface area contributed by atoms with E-state index in [-0.39, 0.29) is 24.5 Å². The van der Waals surface area contributed by atoms with Gasteiger partial charge in [0.25, 0.3) is 0 Å². The second kappa shape index (κ2) is 6.78. The Morgan fingerprint density at radius 2 is 1.92 bits per heavy atom. The number of halogens is 1. The molecule has 0 unspecified atom stereocenters. The van der Waals surface area contributed by atoms with E-state index in [9.17, 15) is 9.18 Å². The molecular weight excluding hydrogens is 315 g/mol. The second-order valence-electron chi connectivity index (χ2n) is 6.75. The fraction of sp³-hybridized carbons (Fsp3) is 0.611. The van der Waals surface area contributed by atoms with Gasteiger partial charge >= 0.3 is 5.97 Å². The molecule has 5 nitrogen and oxygen atoms in total. The summed E-state index contributed by atoms with van der Waals surface area (Å²) in [6.07, 6.45) is 0.768. The Labute approximate surface area is 141 Å². The third kappa shape index (κ3) is 3.61. The monoisotopic (exact) mass is 338 g/mol. The highest BCUT2D eigenvalue weighted by Crippen LogP contribution is 2.36. The topological polar surface area (TPSA) is 54.0 Å². The van der Waals surface area contributed by atoms with Gasteiger partial charge in [-0.25, -0.2) is 4.39 Å². The highest BCUT2D eigenvalue weighted by molar-refractivity contribution is 5.83.